The molecule has 2 heterocycles. The van der Waals surface area contributed by atoms with Crippen LogP contribution in [0.1, 0.15) is 11.1 Å². The van der Waals surface area contributed by atoms with Gasteiger partial charge < -0.3 is 10.5 Å². The number of fused-ring (bicyclic) bond motifs is 3. The molecule has 4 nitrogen and oxygen atoms in total. The standard InChI is InChI=1S/C16H13N3O/c1-10-3-4-12-13-8-11(5-6-20-2)9-18-15(13)16(17)19-14(12)7-10/h3-4,7-9H,1-2H3,(H2,17,19). The van der Waals surface area contributed by atoms with Crippen molar-refractivity contribution < 1.29 is 4.74 Å². The summed E-state index contributed by atoms with van der Waals surface area (Å²) in [7, 11) is 1.53. The molecule has 0 aliphatic heterocycles. The molecule has 0 spiro atoms. The maximum absolute atomic E-state index is 5.99. The number of hydrogen-bond acceptors (Lipinski definition) is 4. The molecule has 0 saturated heterocycles. The number of methoxy groups -OCH3 is 1. The SMILES string of the molecule is COC#Cc1cnc2c(N)nc3cc(C)ccc3c2c1. The maximum atomic E-state index is 5.99. The zero-order valence-corrected chi connectivity index (χ0v) is 11.3. The van der Waals surface area contributed by atoms with Gasteiger partial charge in [-0.2, -0.15) is 0 Å². The summed E-state index contributed by atoms with van der Waals surface area (Å²) in [5, 5.41) is 1.98. The number of aryl methyl sites for hydroxylation is 1. The summed E-state index contributed by atoms with van der Waals surface area (Å²) in [6.07, 6.45) is 4.24. The number of hydrogen-bond donors (Lipinski definition) is 1. The molecule has 98 valence electrons. The smallest absolute Gasteiger partial charge is 0.150 e. The molecule has 3 rings (SSSR count). The summed E-state index contributed by atoms with van der Waals surface area (Å²) >= 11 is 0. The van der Waals surface area contributed by atoms with E-state index < -0.39 is 0 Å². The highest BCUT2D eigenvalue weighted by Crippen LogP contribution is 2.27. The monoisotopic (exact) mass is 263 g/mol. The summed E-state index contributed by atoms with van der Waals surface area (Å²) in [4.78, 5) is 8.77. The second-order valence-electron chi connectivity index (χ2n) is 4.57. The molecule has 2 aromatic heterocycles. The number of pyridine rings is 2. The van der Waals surface area contributed by atoms with Gasteiger partial charge in [0.05, 0.1) is 12.6 Å². The quantitative estimate of drug-likeness (QED) is 0.500. The van der Waals surface area contributed by atoms with Crippen LogP contribution in [0.4, 0.5) is 5.82 Å². The van der Waals surface area contributed by atoms with Gasteiger partial charge in [-0.1, -0.05) is 12.1 Å². The second kappa shape index (κ2) is 4.71. The number of ether oxygens (including phenoxy) is 1. The van der Waals surface area contributed by atoms with E-state index in [1.807, 2.05) is 31.2 Å². The minimum Gasteiger partial charge on any atom is -0.450 e. The van der Waals surface area contributed by atoms with Crippen molar-refractivity contribution in [1.29, 1.82) is 0 Å². The topological polar surface area (TPSA) is 61.0 Å². The highest BCUT2D eigenvalue weighted by Gasteiger charge is 2.08. The van der Waals surface area contributed by atoms with Crippen LogP contribution in [0, 0.1) is 19.0 Å². The first-order chi connectivity index (χ1) is 9.69. The Morgan fingerprint density at radius 3 is 2.85 bits per heavy atom. The zero-order chi connectivity index (χ0) is 14.1. The van der Waals surface area contributed by atoms with Gasteiger partial charge in [0.15, 0.2) is 5.82 Å². The van der Waals surface area contributed by atoms with E-state index in [9.17, 15) is 0 Å². The Morgan fingerprint density at radius 2 is 2.05 bits per heavy atom. The fraction of sp³-hybridized carbons (Fsp3) is 0.125. The Morgan fingerprint density at radius 1 is 1.20 bits per heavy atom. The number of rotatable bonds is 0. The lowest BCUT2D eigenvalue weighted by Gasteiger charge is -2.06. The Bertz CT molecular complexity index is 875. The lowest BCUT2D eigenvalue weighted by atomic mass is 10.1. The number of nitrogen functional groups attached to an aromatic ring is 1. The third-order valence-corrected chi connectivity index (χ3v) is 3.11. The molecule has 0 amide bonds. The molecule has 0 bridgehead atoms. The fourth-order valence-electron chi connectivity index (χ4n) is 2.20. The molecule has 1 aromatic carbocycles. The van der Waals surface area contributed by atoms with Crippen molar-refractivity contribution in [3.05, 3.63) is 41.6 Å². The van der Waals surface area contributed by atoms with E-state index in [4.69, 9.17) is 10.5 Å². The van der Waals surface area contributed by atoms with Gasteiger partial charge in [-0.05, 0) is 30.5 Å². The van der Waals surface area contributed by atoms with Crippen LogP contribution in [-0.4, -0.2) is 17.1 Å². The zero-order valence-electron chi connectivity index (χ0n) is 11.3. The molecular weight excluding hydrogens is 250 g/mol. The minimum atomic E-state index is 0.435. The lowest BCUT2D eigenvalue weighted by Crippen LogP contribution is -1.96. The van der Waals surface area contributed by atoms with Crippen molar-refractivity contribution in [2.75, 3.05) is 12.8 Å². The first-order valence-electron chi connectivity index (χ1n) is 6.18. The van der Waals surface area contributed by atoms with Gasteiger partial charge in [0, 0.05) is 22.5 Å². The Labute approximate surface area is 116 Å². The molecule has 3 aromatic rings. The third kappa shape index (κ3) is 1.99. The number of nitrogens with zero attached hydrogens (tertiary/aromatic N) is 2. The van der Waals surface area contributed by atoms with E-state index in [1.54, 1.807) is 6.20 Å². The van der Waals surface area contributed by atoms with Gasteiger partial charge in [-0.3, -0.25) is 4.98 Å². The number of anilines is 1. The molecular formula is C16H13N3O. The third-order valence-electron chi connectivity index (χ3n) is 3.11. The predicted molar refractivity (Wildman–Crippen MR) is 80.1 cm³/mol. The van der Waals surface area contributed by atoms with Crippen LogP contribution in [-0.2, 0) is 4.74 Å². The van der Waals surface area contributed by atoms with Crippen LogP contribution in [0.25, 0.3) is 21.8 Å². The number of nitrogens with two attached hydrogens (primary N) is 1. The first-order valence-corrected chi connectivity index (χ1v) is 6.18. The predicted octanol–water partition coefficient (Wildman–Crippen LogP) is 2.63. The van der Waals surface area contributed by atoms with Crippen molar-refractivity contribution in [2.24, 2.45) is 0 Å². The van der Waals surface area contributed by atoms with E-state index in [0.717, 1.165) is 27.4 Å². The first kappa shape index (κ1) is 12.2. The summed E-state index contributed by atoms with van der Waals surface area (Å²) in [5.41, 5.74) is 9.49. The van der Waals surface area contributed by atoms with E-state index in [1.165, 1.54) is 7.11 Å². The fourth-order valence-corrected chi connectivity index (χ4v) is 2.20. The van der Waals surface area contributed by atoms with Gasteiger partial charge in [-0.15, -0.1) is 0 Å². The van der Waals surface area contributed by atoms with Gasteiger partial charge in [0.25, 0.3) is 0 Å². The van der Waals surface area contributed by atoms with Crippen LogP contribution in [0.15, 0.2) is 30.5 Å². The van der Waals surface area contributed by atoms with Crippen molar-refractivity contribution in [1.82, 2.24) is 9.97 Å². The van der Waals surface area contributed by atoms with Gasteiger partial charge in [0.2, 0.25) is 0 Å². The van der Waals surface area contributed by atoms with Crippen molar-refractivity contribution >= 4 is 27.6 Å². The molecule has 0 unspecified atom stereocenters. The Kier molecular flexibility index (Phi) is 2.88. The second-order valence-corrected chi connectivity index (χ2v) is 4.57. The highest BCUT2D eigenvalue weighted by atomic mass is 16.5. The lowest BCUT2D eigenvalue weighted by molar-refractivity contribution is 0.372. The molecule has 0 fully saturated rings. The van der Waals surface area contributed by atoms with E-state index in [0.29, 0.717) is 11.3 Å². The van der Waals surface area contributed by atoms with Crippen molar-refractivity contribution in [2.45, 2.75) is 6.92 Å². The summed E-state index contributed by atoms with van der Waals surface area (Å²) in [6, 6.07) is 8.06. The molecule has 0 aliphatic carbocycles. The Balaban J connectivity index is 2.38. The highest BCUT2D eigenvalue weighted by molar-refractivity contribution is 6.08. The number of aromatic nitrogens is 2. The number of benzene rings is 1. The molecule has 20 heavy (non-hydrogen) atoms. The average molecular weight is 263 g/mol. The normalized spacial score (nSPS) is 10.3. The van der Waals surface area contributed by atoms with Crippen LogP contribution >= 0.6 is 0 Å². The maximum Gasteiger partial charge on any atom is 0.150 e. The summed E-state index contributed by atoms with van der Waals surface area (Å²) in [6.45, 7) is 2.03. The van der Waals surface area contributed by atoms with Crippen LogP contribution in [0.3, 0.4) is 0 Å². The minimum absolute atomic E-state index is 0.435. The summed E-state index contributed by atoms with van der Waals surface area (Å²) in [5.74, 6) is 3.32. The molecule has 0 aliphatic rings. The van der Waals surface area contributed by atoms with Crippen LogP contribution in [0.5, 0.6) is 0 Å². The van der Waals surface area contributed by atoms with E-state index in [-0.39, 0.29) is 0 Å². The van der Waals surface area contributed by atoms with Gasteiger partial charge in [0.1, 0.15) is 11.6 Å². The van der Waals surface area contributed by atoms with Gasteiger partial charge in [-0.25, -0.2) is 4.98 Å². The van der Waals surface area contributed by atoms with Crippen LogP contribution < -0.4 is 5.73 Å². The molecule has 0 saturated carbocycles. The van der Waals surface area contributed by atoms with E-state index in [2.05, 4.69) is 22.0 Å². The Hall–Kier alpha value is -2.80. The molecule has 4 heteroatoms. The van der Waals surface area contributed by atoms with E-state index >= 15 is 0 Å². The van der Waals surface area contributed by atoms with Crippen molar-refractivity contribution in [3.63, 3.8) is 0 Å². The molecule has 0 radical (unpaired) electrons. The molecule has 0 atom stereocenters. The molecule has 2 N–H and O–H groups in total. The van der Waals surface area contributed by atoms with Crippen molar-refractivity contribution in [3.8, 4) is 12.0 Å². The summed E-state index contributed by atoms with van der Waals surface area (Å²) < 4.78 is 4.76. The van der Waals surface area contributed by atoms with Crippen LogP contribution in [0.2, 0.25) is 0 Å². The largest absolute Gasteiger partial charge is 0.450 e. The van der Waals surface area contributed by atoms with Gasteiger partial charge >= 0.3 is 0 Å². The average Bonchev–Trinajstić information content (AvgIpc) is 2.44.